The first-order valence-electron chi connectivity index (χ1n) is 10.3. The Hall–Kier alpha value is -3.23. The third-order valence-corrected chi connectivity index (χ3v) is 7.33. The number of nitrogens with one attached hydrogen (secondary N) is 1. The van der Waals surface area contributed by atoms with E-state index >= 15 is 0 Å². The fraction of sp³-hybridized carbons (Fsp3) is 0.208. The Morgan fingerprint density at radius 3 is 2.28 bits per heavy atom. The van der Waals surface area contributed by atoms with Gasteiger partial charge in [0.1, 0.15) is 5.82 Å². The summed E-state index contributed by atoms with van der Waals surface area (Å²) in [5.41, 5.74) is 2.80. The highest BCUT2D eigenvalue weighted by atomic mass is 32.2. The van der Waals surface area contributed by atoms with E-state index in [9.17, 15) is 17.6 Å². The summed E-state index contributed by atoms with van der Waals surface area (Å²) in [6.45, 7) is 3.54. The van der Waals surface area contributed by atoms with Crippen molar-refractivity contribution in [3.05, 3.63) is 89.7 Å². The van der Waals surface area contributed by atoms with Gasteiger partial charge in [-0.25, -0.2) is 12.8 Å². The molecule has 0 spiro atoms. The van der Waals surface area contributed by atoms with E-state index in [1.807, 2.05) is 30.0 Å². The van der Waals surface area contributed by atoms with Crippen molar-refractivity contribution >= 4 is 27.3 Å². The Morgan fingerprint density at radius 2 is 1.59 bits per heavy atom. The summed E-state index contributed by atoms with van der Waals surface area (Å²) in [6.07, 6.45) is 0. The van der Waals surface area contributed by atoms with Gasteiger partial charge in [0.05, 0.1) is 4.90 Å². The number of halogens is 1. The highest BCUT2D eigenvalue weighted by Gasteiger charge is 2.29. The first-order chi connectivity index (χ1) is 15.3. The number of amides is 1. The lowest BCUT2D eigenvalue weighted by atomic mass is 10.2. The number of carbonyl (C=O) groups is 1. The molecule has 0 saturated carbocycles. The van der Waals surface area contributed by atoms with Crippen molar-refractivity contribution < 1.29 is 17.6 Å². The highest BCUT2D eigenvalue weighted by Crippen LogP contribution is 2.22. The zero-order valence-corrected chi connectivity index (χ0v) is 18.5. The summed E-state index contributed by atoms with van der Waals surface area (Å²) >= 11 is 0. The molecule has 0 unspecified atom stereocenters. The average Bonchev–Trinajstić information content (AvgIpc) is 2.80. The maximum absolute atomic E-state index is 13.2. The van der Waals surface area contributed by atoms with Crippen molar-refractivity contribution in [1.82, 2.24) is 4.31 Å². The molecule has 0 aromatic heterocycles. The summed E-state index contributed by atoms with van der Waals surface area (Å²) in [5, 5.41) is 2.80. The third-order valence-electron chi connectivity index (χ3n) is 5.44. The lowest BCUT2D eigenvalue weighted by molar-refractivity contribution is 0.102. The Bertz CT molecular complexity index is 1220. The topological polar surface area (TPSA) is 69.7 Å². The van der Waals surface area contributed by atoms with Crippen molar-refractivity contribution in [3.8, 4) is 0 Å². The Balaban J connectivity index is 1.46. The van der Waals surface area contributed by atoms with Gasteiger partial charge in [0.25, 0.3) is 5.91 Å². The number of nitrogens with zero attached hydrogens (tertiary/aromatic N) is 2. The molecule has 1 aliphatic heterocycles. The summed E-state index contributed by atoms with van der Waals surface area (Å²) in [5.74, 6) is -0.671. The first-order valence-corrected chi connectivity index (χ1v) is 11.8. The van der Waals surface area contributed by atoms with E-state index in [0.717, 1.165) is 11.3 Å². The molecule has 1 fully saturated rings. The van der Waals surface area contributed by atoms with E-state index in [2.05, 4.69) is 5.32 Å². The van der Waals surface area contributed by atoms with Gasteiger partial charge in [0, 0.05) is 43.1 Å². The van der Waals surface area contributed by atoms with Crippen LogP contribution >= 0.6 is 0 Å². The number of sulfonamides is 1. The van der Waals surface area contributed by atoms with E-state index in [1.54, 1.807) is 30.3 Å². The van der Waals surface area contributed by atoms with Crippen LogP contribution in [0.1, 0.15) is 15.9 Å². The van der Waals surface area contributed by atoms with E-state index in [-0.39, 0.29) is 22.2 Å². The van der Waals surface area contributed by atoms with Crippen LogP contribution in [-0.2, 0) is 10.0 Å². The number of anilines is 2. The number of hydrogen-bond acceptors (Lipinski definition) is 4. The lowest BCUT2D eigenvalue weighted by Gasteiger charge is -2.35. The number of carbonyl (C=O) groups excluding carboxylic acids is 1. The summed E-state index contributed by atoms with van der Waals surface area (Å²) in [7, 11) is -3.74. The van der Waals surface area contributed by atoms with Gasteiger partial charge < -0.3 is 10.2 Å². The smallest absolute Gasteiger partial charge is 0.255 e. The number of hydrogen-bond donors (Lipinski definition) is 1. The minimum atomic E-state index is -3.74. The normalized spacial score (nSPS) is 14.9. The number of rotatable bonds is 5. The molecule has 166 valence electrons. The van der Waals surface area contributed by atoms with E-state index in [1.165, 1.54) is 28.6 Å². The molecule has 4 rings (SSSR count). The molecule has 6 nitrogen and oxygen atoms in total. The van der Waals surface area contributed by atoms with E-state index < -0.39 is 10.0 Å². The molecule has 0 aliphatic carbocycles. The van der Waals surface area contributed by atoms with Crippen molar-refractivity contribution in [2.24, 2.45) is 0 Å². The minimum absolute atomic E-state index is 0.0876. The standard InChI is InChI=1S/C24H24FN3O3S/c1-18-4-2-6-21(16-18)26-24(29)19-5-3-7-23(17-19)32(30,31)28-14-12-27(13-15-28)22-10-8-20(25)9-11-22/h2-11,16-17H,12-15H2,1H3,(H,26,29). The van der Waals surface area contributed by atoms with Gasteiger partial charge in [-0.2, -0.15) is 4.31 Å². The van der Waals surface area contributed by atoms with Crippen LogP contribution in [0, 0.1) is 12.7 Å². The van der Waals surface area contributed by atoms with Crippen LogP contribution in [0.4, 0.5) is 15.8 Å². The molecule has 3 aromatic rings. The van der Waals surface area contributed by atoms with Crippen LogP contribution in [0.25, 0.3) is 0 Å². The summed E-state index contributed by atoms with van der Waals surface area (Å²) < 4.78 is 40.9. The fourth-order valence-electron chi connectivity index (χ4n) is 3.71. The second-order valence-electron chi connectivity index (χ2n) is 7.72. The molecule has 32 heavy (non-hydrogen) atoms. The number of aryl methyl sites for hydroxylation is 1. The molecule has 0 radical (unpaired) electrons. The zero-order chi connectivity index (χ0) is 22.7. The molecular weight excluding hydrogens is 429 g/mol. The van der Waals surface area contributed by atoms with Crippen molar-refractivity contribution in [1.29, 1.82) is 0 Å². The summed E-state index contributed by atoms with van der Waals surface area (Å²) in [4.78, 5) is 14.8. The van der Waals surface area contributed by atoms with Crippen LogP contribution in [0.2, 0.25) is 0 Å². The molecule has 1 N–H and O–H groups in total. The van der Waals surface area contributed by atoms with Crippen LogP contribution in [0.5, 0.6) is 0 Å². The van der Waals surface area contributed by atoms with Crippen LogP contribution in [0.3, 0.4) is 0 Å². The predicted molar refractivity (Wildman–Crippen MR) is 123 cm³/mol. The second kappa shape index (κ2) is 9.10. The number of benzene rings is 3. The molecular formula is C24H24FN3O3S. The van der Waals surface area contributed by atoms with Gasteiger partial charge in [-0.05, 0) is 67.1 Å². The van der Waals surface area contributed by atoms with Crippen molar-refractivity contribution in [3.63, 3.8) is 0 Å². The largest absolute Gasteiger partial charge is 0.369 e. The molecule has 1 heterocycles. The fourth-order valence-corrected chi connectivity index (χ4v) is 5.18. The first kappa shape index (κ1) is 22.0. The Kier molecular flexibility index (Phi) is 6.25. The summed E-state index contributed by atoms with van der Waals surface area (Å²) in [6, 6.07) is 19.7. The molecule has 8 heteroatoms. The van der Waals surface area contributed by atoms with Crippen LogP contribution < -0.4 is 10.2 Å². The van der Waals surface area contributed by atoms with Gasteiger partial charge in [-0.3, -0.25) is 4.79 Å². The molecule has 1 saturated heterocycles. The maximum atomic E-state index is 13.2. The van der Waals surface area contributed by atoms with Gasteiger partial charge in [0.2, 0.25) is 10.0 Å². The highest BCUT2D eigenvalue weighted by molar-refractivity contribution is 7.89. The Morgan fingerprint density at radius 1 is 0.906 bits per heavy atom. The van der Waals surface area contributed by atoms with E-state index in [0.29, 0.717) is 31.9 Å². The molecule has 0 bridgehead atoms. The van der Waals surface area contributed by atoms with E-state index in [4.69, 9.17) is 0 Å². The average molecular weight is 454 g/mol. The maximum Gasteiger partial charge on any atom is 0.255 e. The Labute approximate surface area is 187 Å². The van der Waals surface area contributed by atoms with Gasteiger partial charge in [0.15, 0.2) is 0 Å². The lowest BCUT2D eigenvalue weighted by Crippen LogP contribution is -2.48. The van der Waals surface area contributed by atoms with Gasteiger partial charge >= 0.3 is 0 Å². The quantitative estimate of drug-likeness (QED) is 0.636. The molecule has 1 aliphatic rings. The van der Waals surface area contributed by atoms with Crippen molar-refractivity contribution in [2.75, 3.05) is 36.4 Å². The van der Waals surface area contributed by atoms with Crippen LogP contribution in [0.15, 0.2) is 77.7 Å². The van der Waals surface area contributed by atoms with Crippen molar-refractivity contribution in [2.45, 2.75) is 11.8 Å². The minimum Gasteiger partial charge on any atom is -0.369 e. The molecule has 1 amide bonds. The molecule has 3 aromatic carbocycles. The number of piperazine rings is 1. The van der Waals surface area contributed by atoms with Crippen LogP contribution in [-0.4, -0.2) is 44.8 Å². The zero-order valence-electron chi connectivity index (χ0n) is 17.7. The second-order valence-corrected chi connectivity index (χ2v) is 9.66. The predicted octanol–water partition coefficient (Wildman–Crippen LogP) is 3.90. The third kappa shape index (κ3) is 4.81. The van der Waals surface area contributed by atoms with Gasteiger partial charge in [-0.15, -0.1) is 0 Å². The molecule has 0 atom stereocenters. The monoisotopic (exact) mass is 453 g/mol. The SMILES string of the molecule is Cc1cccc(NC(=O)c2cccc(S(=O)(=O)N3CCN(c4ccc(F)cc4)CC3)c2)c1. The van der Waals surface area contributed by atoms with Gasteiger partial charge in [-0.1, -0.05) is 18.2 Å².